The van der Waals surface area contributed by atoms with Crippen LogP contribution in [0.2, 0.25) is 0 Å². The minimum atomic E-state index is -0.417. The summed E-state index contributed by atoms with van der Waals surface area (Å²) in [5, 5.41) is 5.33. The molecule has 1 aliphatic rings. The van der Waals surface area contributed by atoms with E-state index in [0.29, 0.717) is 12.1 Å². The van der Waals surface area contributed by atoms with Crippen LogP contribution in [0.25, 0.3) is 0 Å². The Hall–Kier alpha value is -1.43. The van der Waals surface area contributed by atoms with Crippen LogP contribution in [0.15, 0.2) is 22.7 Å². The van der Waals surface area contributed by atoms with Gasteiger partial charge in [0.25, 0.3) is 5.91 Å². The Morgan fingerprint density at radius 2 is 2.29 bits per heavy atom. The lowest BCUT2D eigenvalue weighted by molar-refractivity contribution is -0.119. The Balaban J connectivity index is 2.04. The lowest BCUT2D eigenvalue weighted by atomic mass is 10.2. The molecular weight excluding hydrogens is 291 g/mol. The van der Waals surface area contributed by atoms with Crippen LogP contribution in [0, 0.1) is 5.82 Å². The molecule has 0 aliphatic carbocycles. The predicted octanol–water partition coefficient (Wildman–Crippen LogP) is 1.21. The smallest absolute Gasteiger partial charge is 0.251 e. The number of hydrogen-bond donors (Lipinski definition) is 2. The van der Waals surface area contributed by atoms with E-state index in [4.69, 9.17) is 0 Å². The van der Waals surface area contributed by atoms with Crippen molar-refractivity contribution in [2.24, 2.45) is 0 Å². The second kappa shape index (κ2) is 4.83. The van der Waals surface area contributed by atoms with Crippen LogP contribution in [0.4, 0.5) is 4.39 Å². The molecule has 17 heavy (non-hydrogen) atoms. The Morgan fingerprint density at radius 3 is 2.88 bits per heavy atom. The summed E-state index contributed by atoms with van der Waals surface area (Å²) in [5.41, 5.74) is 0.359. The average Bonchev–Trinajstić information content (AvgIpc) is 2.68. The van der Waals surface area contributed by atoms with Gasteiger partial charge < -0.3 is 10.6 Å². The van der Waals surface area contributed by atoms with Crippen molar-refractivity contribution >= 4 is 27.7 Å². The van der Waals surface area contributed by atoms with E-state index in [1.807, 2.05) is 0 Å². The van der Waals surface area contributed by atoms with Crippen molar-refractivity contribution in [1.29, 1.82) is 0 Å². The van der Waals surface area contributed by atoms with Gasteiger partial charge in [-0.3, -0.25) is 9.59 Å². The van der Waals surface area contributed by atoms with E-state index >= 15 is 0 Å². The highest BCUT2D eigenvalue weighted by Gasteiger charge is 2.23. The molecule has 4 nitrogen and oxygen atoms in total. The average molecular weight is 301 g/mol. The first-order valence-electron chi connectivity index (χ1n) is 5.09. The second-order valence-corrected chi connectivity index (χ2v) is 4.66. The minimum Gasteiger partial charge on any atom is -0.354 e. The molecule has 2 rings (SSSR count). The van der Waals surface area contributed by atoms with Crippen molar-refractivity contribution in [2.45, 2.75) is 12.5 Å². The van der Waals surface area contributed by atoms with E-state index in [0.717, 1.165) is 0 Å². The van der Waals surface area contributed by atoms with Crippen molar-refractivity contribution < 1.29 is 14.0 Å². The van der Waals surface area contributed by atoms with Crippen molar-refractivity contribution in [2.75, 3.05) is 6.54 Å². The van der Waals surface area contributed by atoms with Crippen molar-refractivity contribution in [3.63, 3.8) is 0 Å². The first kappa shape index (κ1) is 12.0. The molecule has 0 radical (unpaired) electrons. The van der Waals surface area contributed by atoms with E-state index in [1.54, 1.807) is 0 Å². The van der Waals surface area contributed by atoms with E-state index in [9.17, 15) is 14.0 Å². The third kappa shape index (κ3) is 2.82. The zero-order valence-corrected chi connectivity index (χ0v) is 10.4. The normalized spacial score (nSPS) is 18.9. The third-order valence-electron chi connectivity index (χ3n) is 2.49. The zero-order valence-electron chi connectivity index (χ0n) is 8.80. The molecule has 90 valence electrons. The van der Waals surface area contributed by atoms with Gasteiger partial charge in [-0.05, 0) is 34.1 Å². The monoisotopic (exact) mass is 300 g/mol. The second-order valence-electron chi connectivity index (χ2n) is 3.81. The molecule has 1 aromatic carbocycles. The zero-order chi connectivity index (χ0) is 12.4. The van der Waals surface area contributed by atoms with E-state index in [1.165, 1.54) is 18.2 Å². The highest BCUT2D eigenvalue weighted by molar-refractivity contribution is 9.10. The number of rotatable bonds is 2. The predicted molar refractivity (Wildman–Crippen MR) is 63.0 cm³/mol. The molecule has 0 bridgehead atoms. The van der Waals surface area contributed by atoms with Gasteiger partial charge in [0.15, 0.2) is 0 Å². The van der Waals surface area contributed by atoms with Gasteiger partial charge in [0.05, 0.1) is 10.5 Å². The number of amides is 2. The molecule has 0 aromatic heterocycles. The van der Waals surface area contributed by atoms with Gasteiger partial charge in [-0.15, -0.1) is 0 Å². The largest absolute Gasteiger partial charge is 0.354 e. The maximum Gasteiger partial charge on any atom is 0.251 e. The van der Waals surface area contributed by atoms with Gasteiger partial charge in [-0.25, -0.2) is 4.39 Å². The van der Waals surface area contributed by atoms with Crippen LogP contribution < -0.4 is 10.6 Å². The van der Waals surface area contributed by atoms with Gasteiger partial charge >= 0.3 is 0 Å². The topological polar surface area (TPSA) is 58.2 Å². The summed E-state index contributed by atoms with van der Waals surface area (Å²) in [6, 6.07) is 3.84. The number of carbonyl (C=O) groups is 2. The molecule has 1 aromatic rings. The lowest BCUT2D eigenvalue weighted by Crippen LogP contribution is -2.36. The summed E-state index contributed by atoms with van der Waals surface area (Å²) >= 11 is 3.02. The molecule has 1 aliphatic heterocycles. The number of hydrogen-bond acceptors (Lipinski definition) is 2. The molecule has 1 fully saturated rings. The van der Waals surface area contributed by atoms with Gasteiger partial charge in [0.1, 0.15) is 5.82 Å². The lowest BCUT2D eigenvalue weighted by Gasteiger charge is -2.10. The van der Waals surface area contributed by atoms with Gasteiger partial charge in [-0.1, -0.05) is 0 Å². The molecule has 2 N–H and O–H groups in total. The standard InChI is InChI=1S/C11H10BrFN2O2/c12-8-3-6(1-2-9(8)13)11(17)15-7-4-10(16)14-5-7/h1-3,7H,4-5H2,(H,14,16)(H,15,17). The van der Waals surface area contributed by atoms with E-state index in [-0.39, 0.29) is 28.7 Å². The molecule has 6 heteroatoms. The van der Waals surface area contributed by atoms with Crippen molar-refractivity contribution in [3.05, 3.63) is 34.1 Å². The van der Waals surface area contributed by atoms with Crippen LogP contribution >= 0.6 is 15.9 Å². The third-order valence-corrected chi connectivity index (χ3v) is 3.10. The van der Waals surface area contributed by atoms with Crippen LogP contribution in [0.1, 0.15) is 16.8 Å². The fourth-order valence-corrected chi connectivity index (χ4v) is 1.99. The summed E-state index contributed by atoms with van der Waals surface area (Å²) in [4.78, 5) is 22.7. The van der Waals surface area contributed by atoms with Crippen LogP contribution in [0.3, 0.4) is 0 Å². The maximum absolute atomic E-state index is 13.0. The van der Waals surface area contributed by atoms with Crippen LogP contribution in [0.5, 0.6) is 0 Å². The first-order chi connectivity index (χ1) is 8.06. The molecular formula is C11H10BrFN2O2. The van der Waals surface area contributed by atoms with Gasteiger partial charge in [0, 0.05) is 18.5 Å². The van der Waals surface area contributed by atoms with Crippen LogP contribution in [-0.4, -0.2) is 24.4 Å². The number of benzene rings is 1. The Morgan fingerprint density at radius 1 is 1.53 bits per heavy atom. The van der Waals surface area contributed by atoms with E-state index < -0.39 is 5.82 Å². The molecule has 1 heterocycles. The summed E-state index contributed by atoms with van der Waals surface area (Å²) in [5.74, 6) is -0.804. The van der Waals surface area contributed by atoms with Crippen LogP contribution in [-0.2, 0) is 4.79 Å². The number of carbonyl (C=O) groups excluding carboxylic acids is 2. The summed E-state index contributed by atoms with van der Waals surface area (Å²) < 4.78 is 13.2. The fourth-order valence-electron chi connectivity index (χ4n) is 1.61. The summed E-state index contributed by atoms with van der Waals surface area (Å²) in [7, 11) is 0. The number of halogens is 2. The quantitative estimate of drug-likeness (QED) is 0.862. The van der Waals surface area contributed by atoms with E-state index in [2.05, 4.69) is 26.6 Å². The SMILES string of the molecule is O=C1CC(NC(=O)c2ccc(F)c(Br)c2)CN1. The fraction of sp³-hybridized carbons (Fsp3) is 0.273. The molecule has 1 unspecified atom stereocenters. The molecule has 0 spiro atoms. The Bertz CT molecular complexity index is 479. The number of nitrogens with one attached hydrogen (secondary N) is 2. The highest BCUT2D eigenvalue weighted by Crippen LogP contribution is 2.17. The molecule has 1 atom stereocenters. The first-order valence-corrected chi connectivity index (χ1v) is 5.88. The van der Waals surface area contributed by atoms with Crippen molar-refractivity contribution in [1.82, 2.24) is 10.6 Å². The maximum atomic E-state index is 13.0. The Labute approximate surface area is 106 Å². The molecule has 2 amide bonds. The molecule has 1 saturated heterocycles. The van der Waals surface area contributed by atoms with Crippen molar-refractivity contribution in [3.8, 4) is 0 Å². The Kier molecular flexibility index (Phi) is 3.42. The summed E-state index contributed by atoms with van der Waals surface area (Å²) in [6.07, 6.45) is 0.286. The van der Waals surface area contributed by atoms with Gasteiger partial charge in [-0.2, -0.15) is 0 Å². The summed E-state index contributed by atoms with van der Waals surface area (Å²) in [6.45, 7) is 0.437. The van der Waals surface area contributed by atoms with Gasteiger partial charge in [0.2, 0.25) is 5.91 Å². The highest BCUT2D eigenvalue weighted by atomic mass is 79.9. The minimum absolute atomic E-state index is 0.0735. The molecule has 0 saturated carbocycles.